The van der Waals surface area contributed by atoms with Gasteiger partial charge in [0, 0.05) is 16.9 Å². The zero-order valence-electron chi connectivity index (χ0n) is 10.5. The molecule has 0 spiro atoms. The van der Waals surface area contributed by atoms with E-state index >= 15 is 0 Å². The van der Waals surface area contributed by atoms with Crippen LogP contribution in [0.15, 0.2) is 41.1 Å². The molecule has 0 radical (unpaired) electrons. The summed E-state index contributed by atoms with van der Waals surface area (Å²) in [6.07, 6.45) is 4.08. The highest BCUT2D eigenvalue weighted by molar-refractivity contribution is 9.10. The van der Waals surface area contributed by atoms with Crippen LogP contribution in [0.1, 0.15) is 22.7 Å². The summed E-state index contributed by atoms with van der Waals surface area (Å²) in [5, 5.41) is 0. The second-order valence-corrected chi connectivity index (χ2v) is 5.35. The van der Waals surface area contributed by atoms with E-state index in [1.807, 2.05) is 13.0 Å². The normalized spacial score (nSPS) is 12.4. The Bertz CT molecular complexity index is 574. The maximum atomic E-state index is 13.3. The van der Waals surface area contributed by atoms with E-state index in [1.54, 1.807) is 24.5 Å². The SMILES string of the molecule is Cc1ccc(F)cc1CC(NN)c1cncc(Br)c1. The summed E-state index contributed by atoms with van der Waals surface area (Å²) in [6, 6.07) is 6.63. The maximum Gasteiger partial charge on any atom is 0.123 e. The molecule has 19 heavy (non-hydrogen) atoms. The van der Waals surface area contributed by atoms with Gasteiger partial charge in [-0.25, -0.2) is 4.39 Å². The molecule has 1 aromatic carbocycles. The van der Waals surface area contributed by atoms with Crippen LogP contribution in [0, 0.1) is 12.7 Å². The first-order chi connectivity index (χ1) is 9.10. The van der Waals surface area contributed by atoms with Crippen molar-refractivity contribution in [2.45, 2.75) is 19.4 Å². The van der Waals surface area contributed by atoms with Crippen LogP contribution >= 0.6 is 15.9 Å². The Labute approximate surface area is 120 Å². The Balaban J connectivity index is 2.26. The van der Waals surface area contributed by atoms with E-state index in [4.69, 9.17) is 5.84 Å². The second-order valence-electron chi connectivity index (χ2n) is 4.43. The van der Waals surface area contributed by atoms with Gasteiger partial charge in [0.15, 0.2) is 0 Å². The van der Waals surface area contributed by atoms with E-state index in [9.17, 15) is 4.39 Å². The predicted molar refractivity (Wildman–Crippen MR) is 76.8 cm³/mol. The maximum absolute atomic E-state index is 13.3. The quantitative estimate of drug-likeness (QED) is 0.671. The molecule has 0 amide bonds. The fourth-order valence-corrected chi connectivity index (χ4v) is 2.35. The first kappa shape index (κ1) is 14.1. The highest BCUT2D eigenvalue weighted by atomic mass is 79.9. The summed E-state index contributed by atoms with van der Waals surface area (Å²) in [4.78, 5) is 4.12. The van der Waals surface area contributed by atoms with Crippen LogP contribution in [0.5, 0.6) is 0 Å². The summed E-state index contributed by atoms with van der Waals surface area (Å²) >= 11 is 3.38. The van der Waals surface area contributed by atoms with Gasteiger partial charge >= 0.3 is 0 Å². The third-order valence-corrected chi connectivity index (χ3v) is 3.50. The van der Waals surface area contributed by atoms with Crippen LogP contribution < -0.4 is 11.3 Å². The molecule has 3 nitrogen and oxygen atoms in total. The van der Waals surface area contributed by atoms with Gasteiger partial charge in [-0.1, -0.05) is 6.07 Å². The number of pyridine rings is 1. The highest BCUT2D eigenvalue weighted by Crippen LogP contribution is 2.22. The lowest BCUT2D eigenvalue weighted by atomic mass is 9.97. The fraction of sp³-hybridized carbons (Fsp3) is 0.214. The first-order valence-corrected chi connectivity index (χ1v) is 6.71. The molecule has 0 saturated carbocycles. The molecule has 1 heterocycles. The van der Waals surface area contributed by atoms with Gasteiger partial charge < -0.3 is 0 Å². The van der Waals surface area contributed by atoms with Crippen molar-refractivity contribution in [1.29, 1.82) is 0 Å². The minimum Gasteiger partial charge on any atom is -0.271 e. The van der Waals surface area contributed by atoms with Crippen molar-refractivity contribution in [3.63, 3.8) is 0 Å². The summed E-state index contributed by atoms with van der Waals surface area (Å²) in [5.74, 6) is 5.37. The van der Waals surface area contributed by atoms with Crippen LogP contribution in [0.2, 0.25) is 0 Å². The molecule has 2 aromatic rings. The number of halogens is 2. The molecular formula is C14H15BrFN3. The van der Waals surface area contributed by atoms with Gasteiger partial charge in [-0.2, -0.15) is 0 Å². The van der Waals surface area contributed by atoms with Gasteiger partial charge in [0.25, 0.3) is 0 Å². The largest absolute Gasteiger partial charge is 0.271 e. The molecule has 0 bridgehead atoms. The van der Waals surface area contributed by atoms with Crippen molar-refractivity contribution in [2.24, 2.45) is 5.84 Å². The summed E-state index contributed by atoms with van der Waals surface area (Å²) in [5.41, 5.74) is 5.70. The van der Waals surface area contributed by atoms with Crippen LogP contribution in [0.25, 0.3) is 0 Å². The molecule has 5 heteroatoms. The molecule has 2 rings (SSSR count). The zero-order valence-corrected chi connectivity index (χ0v) is 12.1. The van der Waals surface area contributed by atoms with Crippen LogP contribution in [0.4, 0.5) is 4.39 Å². The van der Waals surface area contributed by atoms with E-state index in [0.29, 0.717) is 6.42 Å². The molecule has 0 aliphatic rings. The van der Waals surface area contributed by atoms with Gasteiger partial charge in [-0.15, -0.1) is 0 Å². The number of nitrogens with one attached hydrogen (secondary N) is 1. The van der Waals surface area contributed by atoms with Crippen LogP contribution in [-0.4, -0.2) is 4.98 Å². The van der Waals surface area contributed by atoms with Crippen molar-refractivity contribution >= 4 is 15.9 Å². The highest BCUT2D eigenvalue weighted by Gasteiger charge is 2.13. The standard InChI is InChI=1S/C14H15BrFN3/c1-9-2-3-13(16)5-10(9)6-14(19-17)11-4-12(15)8-18-7-11/h2-5,7-8,14,19H,6,17H2,1H3. The van der Waals surface area contributed by atoms with Gasteiger partial charge in [0.2, 0.25) is 0 Å². The molecule has 100 valence electrons. The number of hydrogen-bond donors (Lipinski definition) is 2. The van der Waals surface area contributed by atoms with Crippen molar-refractivity contribution in [3.05, 3.63) is 63.6 Å². The molecule has 0 saturated heterocycles. The second kappa shape index (κ2) is 6.23. The number of benzene rings is 1. The Morgan fingerprint density at radius 3 is 2.84 bits per heavy atom. The monoisotopic (exact) mass is 323 g/mol. The number of aryl methyl sites for hydroxylation is 1. The number of nitrogens with zero attached hydrogens (tertiary/aromatic N) is 1. The summed E-state index contributed by atoms with van der Waals surface area (Å²) in [6.45, 7) is 1.96. The van der Waals surface area contributed by atoms with E-state index in [0.717, 1.165) is 21.2 Å². The Kier molecular flexibility index (Phi) is 4.63. The number of rotatable bonds is 4. The van der Waals surface area contributed by atoms with Crippen molar-refractivity contribution in [2.75, 3.05) is 0 Å². The lowest BCUT2D eigenvalue weighted by molar-refractivity contribution is 0.545. The topological polar surface area (TPSA) is 50.9 Å². The summed E-state index contributed by atoms with van der Waals surface area (Å²) in [7, 11) is 0. The third-order valence-electron chi connectivity index (χ3n) is 3.06. The van der Waals surface area contributed by atoms with Gasteiger partial charge in [-0.05, 0) is 64.2 Å². The first-order valence-electron chi connectivity index (χ1n) is 5.91. The average molecular weight is 324 g/mol. The predicted octanol–water partition coefficient (Wildman–Crippen LogP) is 3.04. The molecule has 0 aliphatic heterocycles. The number of nitrogens with two attached hydrogens (primary N) is 1. The van der Waals surface area contributed by atoms with Crippen LogP contribution in [0.3, 0.4) is 0 Å². The summed E-state index contributed by atoms with van der Waals surface area (Å²) < 4.78 is 14.2. The number of hydrazine groups is 1. The minimum absolute atomic E-state index is 0.106. The van der Waals surface area contributed by atoms with Crippen molar-refractivity contribution < 1.29 is 4.39 Å². The van der Waals surface area contributed by atoms with E-state index in [2.05, 4.69) is 26.3 Å². The average Bonchev–Trinajstić information content (AvgIpc) is 2.39. The molecule has 1 atom stereocenters. The lowest BCUT2D eigenvalue weighted by Gasteiger charge is -2.17. The molecule has 0 aliphatic carbocycles. The van der Waals surface area contributed by atoms with E-state index in [-0.39, 0.29) is 11.9 Å². The molecule has 0 fully saturated rings. The molecule has 1 unspecified atom stereocenters. The van der Waals surface area contributed by atoms with Crippen LogP contribution in [-0.2, 0) is 6.42 Å². The number of hydrogen-bond acceptors (Lipinski definition) is 3. The number of aromatic nitrogens is 1. The van der Waals surface area contributed by atoms with Crippen molar-refractivity contribution in [1.82, 2.24) is 10.4 Å². The van der Waals surface area contributed by atoms with E-state index in [1.165, 1.54) is 6.07 Å². The van der Waals surface area contributed by atoms with Gasteiger partial charge in [0.1, 0.15) is 5.82 Å². The van der Waals surface area contributed by atoms with E-state index < -0.39 is 0 Å². The van der Waals surface area contributed by atoms with Gasteiger partial charge in [-0.3, -0.25) is 16.3 Å². The zero-order chi connectivity index (χ0) is 13.8. The molecular weight excluding hydrogens is 309 g/mol. The van der Waals surface area contributed by atoms with Crippen molar-refractivity contribution in [3.8, 4) is 0 Å². The third kappa shape index (κ3) is 3.59. The Morgan fingerprint density at radius 2 is 2.16 bits per heavy atom. The smallest absolute Gasteiger partial charge is 0.123 e. The Hall–Kier alpha value is -1.30. The molecule has 1 aromatic heterocycles. The Morgan fingerprint density at radius 1 is 1.37 bits per heavy atom. The fourth-order valence-electron chi connectivity index (χ4n) is 1.97. The molecule has 3 N–H and O–H groups in total. The minimum atomic E-state index is -0.233. The van der Waals surface area contributed by atoms with Gasteiger partial charge in [0.05, 0.1) is 6.04 Å². The lowest BCUT2D eigenvalue weighted by Crippen LogP contribution is -2.29.